The molecule has 1 unspecified atom stereocenters. The summed E-state index contributed by atoms with van der Waals surface area (Å²) < 4.78 is 24.4. The van der Waals surface area contributed by atoms with E-state index in [9.17, 15) is 8.42 Å². The van der Waals surface area contributed by atoms with E-state index in [0.717, 1.165) is 10.8 Å². The maximum Gasteiger partial charge on any atom is 0.181 e. The molecule has 0 aliphatic rings. The Kier molecular flexibility index (Phi) is 3.35. The second kappa shape index (κ2) is 4.79. The van der Waals surface area contributed by atoms with Gasteiger partial charge in [0.15, 0.2) is 9.84 Å². The summed E-state index contributed by atoms with van der Waals surface area (Å²) in [7, 11) is -3.42. The van der Waals surface area contributed by atoms with E-state index < -0.39 is 15.1 Å². The van der Waals surface area contributed by atoms with E-state index in [1.807, 2.05) is 30.3 Å². The quantitative estimate of drug-likeness (QED) is 0.851. The van der Waals surface area contributed by atoms with Crippen LogP contribution >= 0.6 is 0 Å². The van der Waals surface area contributed by atoms with Crippen molar-refractivity contribution in [2.45, 2.75) is 23.5 Å². The van der Waals surface area contributed by atoms with Crippen molar-refractivity contribution in [3.05, 3.63) is 42.5 Å². The first-order chi connectivity index (χ1) is 8.55. The van der Waals surface area contributed by atoms with Crippen molar-refractivity contribution in [2.75, 3.05) is 0 Å². The molecule has 0 spiro atoms. The molecule has 0 heterocycles. The first kappa shape index (κ1) is 12.6. The Labute approximate surface area is 107 Å². The molecule has 2 aromatic carbocycles. The molecule has 18 heavy (non-hydrogen) atoms. The smallest absolute Gasteiger partial charge is 0.181 e. The van der Waals surface area contributed by atoms with Crippen LogP contribution in [0.4, 0.5) is 0 Å². The molecule has 0 aliphatic heterocycles. The molecule has 0 aromatic heterocycles. The largest absolute Gasteiger partial charge is 0.223 e. The Balaban J connectivity index is 2.52. The average molecular weight is 259 g/mol. The molecule has 92 valence electrons. The fraction of sp³-hybridized carbons (Fsp3) is 0.214. The van der Waals surface area contributed by atoms with Crippen LogP contribution in [0.3, 0.4) is 0 Å². The van der Waals surface area contributed by atoms with Crippen LogP contribution in [-0.4, -0.2) is 13.7 Å². The zero-order valence-corrected chi connectivity index (χ0v) is 10.8. The van der Waals surface area contributed by atoms with E-state index in [-0.39, 0.29) is 11.3 Å². The van der Waals surface area contributed by atoms with Gasteiger partial charge < -0.3 is 0 Å². The molecule has 0 bridgehead atoms. The van der Waals surface area contributed by atoms with Gasteiger partial charge in [-0.15, -0.1) is 0 Å². The third-order valence-electron chi connectivity index (χ3n) is 2.96. The number of benzene rings is 2. The second-order valence-electron chi connectivity index (χ2n) is 4.23. The molecule has 4 heteroatoms. The van der Waals surface area contributed by atoms with E-state index >= 15 is 0 Å². The fourth-order valence-corrected chi connectivity index (χ4v) is 3.12. The van der Waals surface area contributed by atoms with Gasteiger partial charge in [-0.05, 0) is 29.8 Å². The summed E-state index contributed by atoms with van der Waals surface area (Å²) in [5.41, 5.74) is 0. The number of hydrogen-bond acceptors (Lipinski definition) is 3. The van der Waals surface area contributed by atoms with Gasteiger partial charge in [-0.3, -0.25) is 0 Å². The Bertz CT molecular complexity index is 714. The van der Waals surface area contributed by atoms with Gasteiger partial charge in [0.1, 0.15) is 0 Å². The van der Waals surface area contributed by atoms with Gasteiger partial charge in [0.05, 0.1) is 22.6 Å². The number of nitrogens with zero attached hydrogens (tertiary/aromatic N) is 1. The Morgan fingerprint density at radius 3 is 2.50 bits per heavy atom. The van der Waals surface area contributed by atoms with Gasteiger partial charge in [-0.2, -0.15) is 5.26 Å². The Morgan fingerprint density at radius 1 is 1.17 bits per heavy atom. The van der Waals surface area contributed by atoms with E-state index in [0.29, 0.717) is 0 Å². The highest BCUT2D eigenvalue weighted by molar-refractivity contribution is 7.92. The third kappa shape index (κ3) is 2.22. The monoisotopic (exact) mass is 259 g/mol. The zero-order chi connectivity index (χ0) is 13.2. The van der Waals surface area contributed by atoms with Gasteiger partial charge in [0.25, 0.3) is 0 Å². The lowest BCUT2D eigenvalue weighted by molar-refractivity contribution is 0.584. The van der Waals surface area contributed by atoms with Crippen LogP contribution in [-0.2, 0) is 9.84 Å². The Hall–Kier alpha value is -1.86. The maximum absolute atomic E-state index is 12.2. The van der Waals surface area contributed by atoms with Crippen LogP contribution in [0.2, 0.25) is 0 Å². The number of nitriles is 1. The number of fused-ring (bicyclic) bond motifs is 1. The molecule has 0 amide bonds. The molecule has 3 nitrogen and oxygen atoms in total. The molecule has 0 aliphatic carbocycles. The summed E-state index contributed by atoms with van der Waals surface area (Å²) in [6.07, 6.45) is 0.00909. The predicted molar refractivity (Wildman–Crippen MR) is 70.8 cm³/mol. The normalized spacial score (nSPS) is 13.1. The molecular weight excluding hydrogens is 246 g/mol. The highest BCUT2D eigenvalue weighted by Gasteiger charge is 2.23. The minimum absolute atomic E-state index is 0.00909. The zero-order valence-electron chi connectivity index (χ0n) is 10.00. The van der Waals surface area contributed by atoms with Crippen molar-refractivity contribution >= 4 is 20.6 Å². The van der Waals surface area contributed by atoms with Crippen molar-refractivity contribution in [3.63, 3.8) is 0 Å². The lowest BCUT2D eigenvalue weighted by atomic mass is 10.1. The molecule has 1 atom stereocenters. The summed E-state index contributed by atoms with van der Waals surface area (Å²) in [6.45, 7) is 1.56. The van der Waals surface area contributed by atoms with Gasteiger partial charge >= 0.3 is 0 Å². The average Bonchev–Trinajstić information content (AvgIpc) is 2.38. The minimum atomic E-state index is -3.42. The van der Waals surface area contributed by atoms with Gasteiger partial charge in [0, 0.05) is 0 Å². The molecule has 0 N–H and O–H groups in total. The lowest BCUT2D eigenvalue weighted by Crippen LogP contribution is -2.17. The van der Waals surface area contributed by atoms with Crippen molar-refractivity contribution in [1.82, 2.24) is 0 Å². The van der Waals surface area contributed by atoms with Crippen LogP contribution in [0.5, 0.6) is 0 Å². The molecule has 0 fully saturated rings. The van der Waals surface area contributed by atoms with Crippen LogP contribution in [0.15, 0.2) is 47.4 Å². The van der Waals surface area contributed by atoms with Gasteiger partial charge in [-0.1, -0.05) is 30.3 Å². The highest BCUT2D eigenvalue weighted by atomic mass is 32.2. The number of hydrogen-bond donors (Lipinski definition) is 0. The van der Waals surface area contributed by atoms with Crippen molar-refractivity contribution in [1.29, 1.82) is 5.26 Å². The van der Waals surface area contributed by atoms with Crippen LogP contribution in [0, 0.1) is 11.3 Å². The Morgan fingerprint density at radius 2 is 1.83 bits per heavy atom. The molecule has 2 rings (SSSR count). The van der Waals surface area contributed by atoms with Crippen LogP contribution in [0.25, 0.3) is 10.8 Å². The summed E-state index contributed by atoms with van der Waals surface area (Å²) in [6, 6.07) is 14.6. The molecule has 0 radical (unpaired) electrons. The fourth-order valence-electron chi connectivity index (χ4n) is 1.81. The molecule has 0 saturated heterocycles. The van der Waals surface area contributed by atoms with Gasteiger partial charge in [-0.25, -0.2) is 8.42 Å². The molecular formula is C14H13NO2S. The van der Waals surface area contributed by atoms with E-state index in [1.54, 1.807) is 25.1 Å². The van der Waals surface area contributed by atoms with Crippen molar-refractivity contribution in [2.24, 2.45) is 0 Å². The van der Waals surface area contributed by atoms with E-state index in [4.69, 9.17) is 5.26 Å². The second-order valence-corrected chi connectivity index (χ2v) is 6.59. The minimum Gasteiger partial charge on any atom is -0.223 e. The van der Waals surface area contributed by atoms with Gasteiger partial charge in [0.2, 0.25) is 0 Å². The summed E-state index contributed by atoms with van der Waals surface area (Å²) in [4.78, 5) is 0.281. The predicted octanol–water partition coefficient (Wildman–Crippen LogP) is 2.92. The number of sulfone groups is 1. The summed E-state index contributed by atoms with van der Waals surface area (Å²) in [5.74, 6) is 0. The lowest BCUT2D eigenvalue weighted by Gasteiger charge is -2.10. The topological polar surface area (TPSA) is 57.9 Å². The van der Waals surface area contributed by atoms with Crippen molar-refractivity contribution < 1.29 is 8.42 Å². The SMILES string of the molecule is CC(CC#N)S(=O)(=O)c1ccc2ccccc2c1. The van der Waals surface area contributed by atoms with Crippen LogP contribution in [0.1, 0.15) is 13.3 Å². The summed E-state index contributed by atoms with van der Waals surface area (Å²) >= 11 is 0. The molecule has 2 aromatic rings. The summed E-state index contributed by atoms with van der Waals surface area (Å²) in [5, 5.41) is 9.82. The van der Waals surface area contributed by atoms with E-state index in [2.05, 4.69) is 0 Å². The van der Waals surface area contributed by atoms with E-state index in [1.165, 1.54) is 0 Å². The maximum atomic E-state index is 12.2. The molecule has 0 saturated carbocycles. The van der Waals surface area contributed by atoms with Crippen LogP contribution < -0.4 is 0 Å². The number of rotatable bonds is 3. The first-order valence-electron chi connectivity index (χ1n) is 5.65. The standard InChI is InChI=1S/C14H13NO2S/c1-11(8-9-15)18(16,17)14-7-6-12-4-2-3-5-13(12)10-14/h2-7,10-11H,8H2,1H3. The van der Waals surface area contributed by atoms with Crippen molar-refractivity contribution in [3.8, 4) is 6.07 Å². The highest BCUT2D eigenvalue weighted by Crippen LogP contribution is 2.23. The third-order valence-corrected chi connectivity index (χ3v) is 5.10. The first-order valence-corrected chi connectivity index (χ1v) is 7.20.